The first-order chi connectivity index (χ1) is 16.0. The first kappa shape index (κ1) is 21.0. The third-order valence-electron chi connectivity index (χ3n) is 6.50. The fraction of sp³-hybridized carbons (Fsp3) is 0.179. The molecule has 0 saturated heterocycles. The predicted molar refractivity (Wildman–Crippen MR) is 134 cm³/mol. The molecule has 5 rings (SSSR count). The van der Waals surface area contributed by atoms with E-state index < -0.39 is 5.92 Å². The number of carbonyl (C=O) groups is 1. The molecule has 166 valence electrons. The molecule has 0 aliphatic carbocycles. The van der Waals surface area contributed by atoms with E-state index in [0.29, 0.717) is 6.54 Å². The van der Waals surface area contributed by atoms with Crippen molar-refractivity contribution in [1.29, 1.82) is 0 Å². The number of likely N-dealkylation sites (N-methyl/N-ethyl adjacent to an activating group) is 1. The molecule has 2 heterocycles. The lowest BCUT2D eigenvalue weighted by Crippen LogP contribution is -2.42. The Morgan fingerprint density at radius 1 is 0.909 bits per heavy atom. The third kappa shape index (κ3) is 3.81. The lowest BCUT2D eigenvalue weighted by molar-refractivity contribution is -0.133. The van der Waals surface area contributed by atoms with Crippen molar-refractivity contribution in [3.63, 3.8) is 0 Å². The summed E-state index contributed by atoms with van der Waals surface area (Å²) in [4.78, 5) is 13.8. The number of para-hydroxylation sites is 2. The monoisotopic (exact) mass is 436 g/mol. The maximum Gasteiger partial charge on any atom is 0.248 e. The zero-order chi connectivity index (χ0) is 22.9. The normalized spacial score (nSPS) is 12.3. The molecule has 2 aromatic heterocycles. The number of rotatable bonds is 6. The van der Waals surface area contributed by atoms with Gasteiger partial charge in [-0.25, -0.2) is 5.43 Å². The highest BCUT2D eigenvalue weighted by molar-refractivity contribution is 5.94. The third-order valence-corrected chi connectivity index (χ3v) is 6.50. The molecule has 0 aliphatic heterocycles. The summed E-state index contributed by atoms with van der Waals surface area (Å²) in [6.07, 6.45) is 2.08. The van der Waals surface area contributed by atoms with Crippen LogP contribution in [0.1, 0.15) is 22.7 Å². The van der Waals surface area contributed by atoms with Gasteiger partial charge in [0.15, 0.2) is 0 Å². The van der Waals surface area contributed by atoms with Crippen LogP contribution >= 0.6 is 0 Å². The topological polar surface area (TPSA) is 42.2 Å². The van der Waals surface area contributed by atoms with Gasteiger partial charge in [-0.05, 0) is 34.7 Å². The lowest BCUT2D eigenvalue weighted by Gasteiger charge is -2.25. The maximum atomic E-state index is 13.8. The summed E-state index contributed by atoms with van der Waals surface area (Å²) in [6.45, 7) is 0.560. The zero-order valence-corrected chi connectivity index (χ0v) is 19.2. The van der Waals surface area contributed by atoms with E-state index in [2.05, 4.69) is 58.1 Å². The maximum absolute atomic E-state index is 13.8. The molecular weight excluding hydrogens is 408 g/mol. The van der Waals surface area contributed by atoms with Gasteiger partial charge in [-0.2, -0.15) is 0 Å². The van der Waals surface area contributed by atoms with Crippen LogP contribution in [0.15, 0.2) is 91.1 Å². The SMILES string of the molecule is CN(NCc1cc2ccccc2n1C)C(=O)C(c1ccccc1)c1cn(C)c2ccccc12. The second-order valence-electron chi connectivity index (χ2n) is 8.54. The molecule has 0 saturated carbocycles. The second kappa shape index (κ2) is 8.60. The van der Waals surface area contributed by atoms with Crippen molar-refractivity contribution >= 4 is 27.7 Å². The summed E-state index contributed by atoms with van der Waals surface area (Å²) in [5.74, 6) is -0.390. The summed E-state index contributed by atoms with van der Waals surface area (Å²) in [5.41, 5.74) is 8.75. The highest BCUT2D eigenvalue weighted by Gasteiger charge is 2.28. The molecule has 5 heteroatoms. The number of hydrogen-bond donors (Lipinski definition) is 1. The van der Waals surface area contributed by atoms with Crippen molar-refractivity contribution in [3.8, 4) is 0 Å². The number of fused-ring (bicyclic) bond motifs is 2. The van der Waals surface area contributed by atoms with E-state index in [0.717, 1.165) is 27.7 Å². The van der Waals surface area contributed by atoms with Gasteiger partial charge in [-0.3, -0.25) is 9.80 Å². The average Bonchev–Trinajstić information content (AvgIpc) is 3.35. The number of amides is 1. The van der Waals surface area contributed by atoms with Gasteiger partial charge in [0.2, 0.25) is 5.91 Å². The van der Waals surface area contributed by atoms with Gasteiger partial charge in [0.1, 0.15) is 0 Å². The number of hydrogen-bond acceptors (Lipinski definition) is 2. The Hall–Kier alpha value is -3.83. The molecule has 0 radical (unpaired) electrons. The van der Waals surface area contributed by atoms with Crippen LogP contribution in [0.2, 0.25) is 0 Å². The molecule has 0 aliphatic rings. The molecule has 1 amide bonds. The lowest BCUT2D eigenvalue weighted by atomic mass is 9.90. The molecule has 1 atom stereocenters. The fourth-order valence-corrected chi connectivity index (χ4v) is 4.69. The largest absolute Gasteiger partial charge is 0.350 e. The first-order valence-electron chi connectivity index (χ1n) is 11.2. The minimum absolute atomic E-state index is 0.0105. The summed E-state index contributed by atoms with van der Waals surface area (Å²) in [6, 6.07) is 28.7. The molecule has 0 spiro atoms. The zero-order valence-electron chi connectivity index (χ0n) is 19.2. The van der Waals surface area contributed by atoms with Crippen LogP contribution in [0.4, 0.5) is 0 Å². The van der Waals surface area contributed by atoms with Crippen LogP contribution in [-0.4, -0.2) is 27.1 Å². The van der Waals surface area contributed by atoms with E-state index in [-0.39, 0.29) is 5.91 Å². The number of nitrogens with zero attached hydrogens (tertiary/aromatic N) is 3. The second-order valence-corrected chi connectivity index (χ2v) is 8.54. The van der Waals surface area contributed by atoms with Crippen molar-refractivity contribution in [3.05, 3.63) is 108 Å². The molecule has 0 fully saturated rings. The number of nitrogens with one attached hydrogen (secondary N) is 1. The van der Waals surface area contributed by atoms with Gasteiger partial charge in [-0.15, -0.1) is 0 Å². The predicted octanol–water partition coefficient (Wildman–Crippen LogP) is 4.97. The Labute approximate surface area is 193 Å². The van der Waals surface area contributed by atoms with Crippen molar-refractivity contribution < 1.29 is 4.79 Å². The van der Waals surface area contributed by atoms with E-state index in [9.17, 15) is 4.79 Å². The van der Waals surface area contributed by atoms with Crippen LogP contribution in [0, 0.1) is 0 Å². The number of aryl methyl sites for hydroxylation is 2. The van der Waals surface area contributed by atoms with Crippen LogP contribution in [0.3, 0.4) is 0 Å². The van der Waals surface area contributed by atoms with E-state index in [1.54, 1.807) is 5.01 Å². The van der Waals surface area contributed by atoms with Gasteiger partial charge in [0.05, 0.1) is 12.5 Å². The van der Waals surface area contributed by atoms with Crippen LogP contribution in [-0.2, 0) is 25.4 Å². The summed E-state index contributed by atoms with van der Waals surface area (Å²) < 4.78 is 4.26. The van der Waals surface area contributed by atoms with E-state index in [1.807, 2.05) is 68.7 Å². The molecule has 5 aromatic rings. The standard InChI is InChI=1S/C28H28N4O/c1-30-19-24(23-14-8-10-16-26(23)30)27(20-11-5-4-6-12-20)28(33)32(3)29-18-22-17-21-13-7-9-15-25(21)31(22)2/h4-17,19,27,29H,18H2,1-3H3. The van der Waals surface area contributed by atoms with Crippen molar-refractivity contribution in [2.24, 2.45) is 14.1 Å². The Kier molecular flexibility index (Phi) is 5.48. The van der Waals surface area contributed by atoms with E-state index >= 15 is 0 Å². The highest BCUT2D eigenvalue weighted by atomic mass is 16.2. The Morgan fingerprint density at radius 3 is 2.33 bits per heavy atom. The van der Waals surface area contributed by atoms with Crippen LogP contribution in [0.25, 0.3) is 21.8 Å². The minimum Gasteiger partial charge on any atom is -0.350 e. The Balaban J connectivity index is 1.46. The van der Waals surface area contributed by atoms with Crippen molar-refractivity contribution in [1.82, 2.24) is 19.6 Å². The van der Waals surface area contributed by atoms with Gasteiger partial charge in [0.25, 0.3) is 0 Å². The molecule has 33 heavy (non-hydrogen) atoms. The van der Waals surface area contributed by atoms with Crippen LogP contribution < -0.4 is 5.43 Å². The van der Waals surface area contributed by atoms with Gasteiger partial charge in [0, 0.05) is 49.5 Å². The Morgan fingerprint density at radius 2 is 1.58 bits per heavy atom. The molecule has 1 unspecified atom stereocenters. The Bertz CT molecular complexity index is 1430. The number of aromatic nitrogens is 2. The molecule has 3 aromatic carbocycles. The van der Waals surface area contributed by atoms with Gasteiger partial charge >= 0.3 is 0 Å². The van der Waals surface area contributed by atoms with E-state index in [4.69, 9.17) is 0 Å². The minimum atomic E-state index is -0.401. The van der Waals surface area contributed by atoms with Gasteiger partial charge < -0.3 is 9.13 Å². The van der Waals surface area contributed by atoms with E-state index in [1.165, 1.54) is 10.9 Å². The van der Waals surface area contributed by atoms with Crippen molar-refractivity contribution in [2.45, 2.75) is 12.5 Å². The average molecular weight is 437 g/mol. The highest BCUT2D eigenvalue weighted by Crippen LogP contribution is 2.33. The molecular formula is C28H28N4O. The molecule has 5 nitrogen and oxygen atoms in total. The van der Waals surface area contributed by atoms with Crippen LogP contribution in [0.5, 0.6) is 0 Å². The summed E-state index contributed by atoms with van der Waals surface area (Å²) in [5, 5.41) is 3.94. The smallest absolute Gasteiger partial charge is 0.248 e. The number of benzene rings is 3. The molecule has 0 bridgehead atoms. The quantitative estimate of drug-likeness (QED) is 0.382. The fourth-order valence-electron chi connectivity index (χ4n) is 4.69. The number of hydrazine groups is 1. The summed E-state index contributed by atoms with van der Waals surface area (Å²) >= 11 is 0. The van der Waals surface area contributed by atoms with Gasteiger partial charge in [-0.1, -0.05) is 66.7 Å². The number of carbonyl (C=O) groups excluding carboxylic acids is 1. The summed E-state index contributed by atoms with van der Waals surface area (Å²) in [7, 11) is 5.90. The van der Waals surface area contributed by atoms with Crippen molar-refractivity contribution in [2.75, 3.05) is 7.05 Å². The first-order valence-corrected chi connectivity index (χ1v) is 11.2. The molecule has 1 N–H and O–H groups in total.